The molecule has 2 aromatic rings. The van der Waals surface area contributed by atoms with Crippen molar-refractivity contribution in [3.8, 4) is 11.8 Å². The van der Waals surface area contributed by atoms with E-state index in [4.69, 9.17) is 0 Å². The molecule has 0 spiro atoms. The summed E-state index contributed by atoms with van der Waals surface area (Å²) in [4.78, 5) is 24.3. The van der Waals surface area contributed by atoms with Gasteiger partial charge in [0.15, 0.2) is 5.92 Å². The van der Waals surface area contributed by atoms with Crippen LogP contribution in [0, 0.1) is 17.8 Å². The molecule has 0 atom stereocenters. The Morgan fingerprint density at radius 2 is 1.77 bits per heavy atom. The molecule has 0 unspecified atom stereocenters. The van der Waals surface area contributed by atoms with Gasteiger partial charge in [-0.05, 0) is 35.9 Å². The monoisotopic (exact) mass is 368 g/mol. The maximum Gasteiger partial charge on any atom is 0.320 e. The Morgan fingerprint density at radius 3 is 2.42 bits per heavy atom. The van der Waals surface area contributed by atoms with E-state index in [1.807, 2.05) is 47.9 Å². The first-order chi connectivity index (χ1) is 12.7. The van der Waals surface area contributed by atoms with Crippen LogP contribution in [0.25, 0.3) is 0 Å². The number of ether oxygens (including phenoxy) is 2. The molecule has 0 radical (unpaired) electrons. The summed E-state index contributed by atoms with van der Waals surface area (Å²) in [6.45, 7) is 0. The number of hydrogen-bond acceptors (Lipinski definition) is 5. The Hall–Kier alpha value is -2.84. The van der Waals surface area contributed by atoms with Crippen molar-refractivity contribution in [1.82, 2.24) is 0 Å². The number of carbonyl (C=O) groups excluding carboxylic acids is 2. The minimum absolute atomic E-state index is 0.238. The Labute approximate surface area is 157 Å². The molecule has 26 heavy (non-hydrogen) atoms. The predicted octanol–water partition coefficient (Wildman–Crippen LogP) is 3.60. The van der Waals surface area contributed by atoms with Crippen molar-refractivity contribution >= 4 is 23.3 Å². The van der Waals surface area contributed by atoms with Gasteiger partial charge in [-0.25, -0.2) is 0 Å². The van der Waals surface area contributed by atoms with Crippen LogP contribution in [-0.4, -0.2) is 26.2 Å². The fourth-order valence-corrected chi connectivity index (χ4v) is 2.89. The van der Waals surface area contributed by atoms with Crippen LogP contribution in [0.1, 0.15) is 22.4 Å². The van der Waals surface area contributed by atoms with E-state index < -0.39 is 17.9 Å². The molecule has 0 fully saturated rings. The highest BCUT2D eigenvalue weighted by atomic mass is 32.1. The highest BCUT2D eigenvalue weighted by Crippen LogP contribution is 2.13. The van der Waals surface area contributed by atoms with Gasteiger partial charge in [0.1, 0.15) is 0 Å². The summed E-state index contributed by atoms with van der Waals surface area (Å²) >= 11 is 1.61. The smallest absolute Gasteiger partial charge is 0.320 e. The van der Waals surface area contributed by atoms with Gasteiger partial charge in [0, 0.05) is 5.56 Å². The highest BCUT2D eigenvalue weighted by Gasteiger charge is 2.26. The molecule has 5 heteroatoms. The highest BCUT2D eigenvalue weighted by molar-refractivity contribution is 7.10. The van der Waals surface area contributed by atoms with Crippen molar-refractivity contribution in [3.05, 3.63) is 69.9 Å². The van der Waals surface area contributed by atoms with E-state index in [-0.39, 0.29) is 6.42 Å². The van der Waals surface area contributed by atoms with Crippen LogP contribution >= 0.6 is 11.3 Å². The summed E-state index contributed by atoms with van der Waals surface area (Å²) < 4.78 is 9.29. The zero-order chi connectivity index (χ0) is 18.8. The third-order valence-electron chi connectivity index (χ3n) is 3.71. The quantitative estimate of drug-likeness (QED) is 0.338. The molecule has 0 bridgehead atoms. The van der Waals surface area contributed by atoms with Gasteiger partial charge in [0.25, 0.3) is 0 Å². The molecule has 2 rings (SSSR count). The number of carbonyl (C=O) groups is 2. The molecule has 1 aromatic carbocycles. The summed E-state index contributed by atoms with van der Waals surface area (Å²) in [5.74, 6) is 4.23. The molecule has 0 saturated heterocycles. The van der Waals surface area contributed by atoms with Gasteiger partial charge < -0.3 is 9.47 Å². The molecule has 0 aliphatic heterocycles. The van der Waals surface area contributed by atoms with Gasteiger partial charge in [0.2, 0.25) is 0 Å². The van der Waals surface area contributed by atoms with Gasteiger partial charge >= 0.3 is 11.9 Å². The zero-order valence-corrected chi connectivity index (χ0v) is 15.5. The number of thiophene rings is 1. The lowest BCUT2D eigenvalue weighted by Gasteiger charge is -2.09. The molecule has 134 valence electrons. The largest absolute Gasteiger partial charge is 0.468 e. The summed E-state index contributed by atoms with van der Waals surface area (Å²) in [5, 5.41) is 2.00. The van der Waals surface area contributed by atoms with Crippen LogP contribution in [0.2, 0.25) is 0 Å². The topological polar surface area (TPSA) is 52.6 Å². The van der Waals surface area contributed by atoms with E-state index in [1.54, 1.807) is 17.4 Å². The van der Waals surface area contributed by atoms with Crippen LogP contribution in [-0.2, 0) is 25.5 Å². The second-order valence-electron chi connectivity index (χ2n) is 5.39. The molecule has 1 heterocycles. The summed E-state index contributed by atoms with van der Waals surface area (Å²) in [6, 6.07) is 11.9. The number of hydrogen-bond donors (Lipinski definition) is 0. The molecular weight excluding hydrogens is 348 g/mol. The van der Waals surface area contributed by atoms with Crippen molar-refractivity contribution in [2.24, 2.45) is 5.92 Å². The normalized spacial score (nSPS) is 10.4. The number of rotatable bonds is 6. The van der Waals surface area contributed by atoms with Crippen LogP contribution < -0.4 is 0 Å². The second kappa shape index (κ2) is 10.2. The zero-order valence-electron chi connectivity index (χ0n) is 14.7. The van der Waals surface area contributed by atoms with E-state index >= 15 is 0 Å². The summed E-state index contributed by atoms with van der Waals surface area (Å²) in [7, 11) is 2.51. The molecule has 0 aliphatic carbocycles. The van der Waals surface area contributed by atoms with Crippen LogP contribution in [0.5, 0.6) is 0 Å². The minimum Gasteiger partial charge on any atom is -0.468 e. The first-order valence-electron chi connectivity index (χ1n) is 8.09. The lowest BCUT2D eigenvalue weighted by Crippen LogP contribution is -2.25. The lowest BCUT2D eigenvalue weighted by molar-refractivity contribution is -0.158. The first kappa shape index (κ1) is 19.5. The number of esters is 2. The summed E-state index contributed by atoms with van der Waals surface area (Å²) in [5.41, 5.74) is 2.04. The average Bonchev–Trinajstić information content (AvgIpc) is 3.19. The van der Waals surface area contributed by atoms with Crippen molar-refractivity contribution in [2.45, 2.75) is 12.8 Å². The predicted molar refractivity (Wildman–Crippen MR) is 102 cm³/mol. The Morgan fingerprint density at radius 1 is 1.04 bits per heavy atom. The van der Waals surface area contributed by atoms with E-state index in [0.717, 1.165) is 16.0 Å². The van der Waals surface area contributed by atoms with E-state index in [0.29, 0.717) is 6.42 Å². The minimum atomic E-state index is -0.935. The van der Waals surface area contributed by atoms with Crippen LogP contribution in [0.3, 0.4) is 0 Å². The standard InChI is InChI=1S/C21H20O4S/c1-24-20(22)19(21(23)25-2)12-6-5-9-16-8-3-4-10-17(16)13-14-18-11-7-15-26-18/h3-8,10-11,15,19H,9,12H2,1-2H3/b6-5+. The van der Waals surface area contributed by atoms with Gasteiger partial charge in [-0.3, -0.25) is 9.59 Å². The third-order valence-corrected chi connectivity index (χ3v) is 4.49. The molecule has 1 aromatic heterocycles. The van der Waals surface area contributed by atoms with Crippen LogP contribution in [0.15, 0.2) is 53.9 Å². The molecule has 0 N–H and O–H groups in total. The SMILES string of the molecule is COC(=O)C(C/C=C/Cc1ccccc1C#Cc1cccs1)C(=O)OC. The average molecular weight is 368 g/mol. The molecule has 0 amide bonds. The maximum absolute atomic E-state index is 11.7. The van der Waals surface area contributed by atoms with E-state index in [2.05, 4.69) is 21.3 Å². The third kappa shape index (κ3) is 5.61. The molecule has 0 saturated carbocycles. The molecule has 0 aliphatic rings. The maximum atomic E-state index is 11.7. The van der Waals surface area contributed by atoms with Gasteiger partial charge in [-0.15, -0.1) is 11.3 Å². The lowest BCUT2D eigenvalue weighted by atomic mass is 10.0. The number of benzene rings is 1. The number of methoxy groups -OCH3 is 2. The van der Waals surface area contributed by atoms with E-state index in [9.17, 15) is 9.59 Å². The van der Waals surface area contributed by atoms with Gasteiger partial charge in [-0.2, -0.15) is 0 Å². The Kier molecular flexibility index (Phi) is 7.66. The fraction of sp³-hybridized carbons (Fsp3) is 0.238. The van der Waals surface area contributed by atoms with Crippen molar-refractivity contribution < 1.29 is 19.1 Å². The van der Waals surface area contributed by atoms with Crippen molar-refractivity contribution in [1.29, 1.82) is 0 Å². The molecule has 4 nitrogen and oxygen atoms in total. The Balaban J connectivity index is 2.04. The van der Waals surface area contributed by atoms with Gasteiger partial charge in [0.05, 0.1) is 19.1 Å². The van der Waals surface area contributed by atoms with Gasteiger partial charge in [-0.1, -0.05) is 48.3 Å². The fourth-order valence-electron chi connectivity index (χ4n) is 2.31. The Bertz CT molecular complexity index is 809. The number of allylic oxidation sites excluding steroid dienone is 2. The first-order valence-corrected chi connectivity index (χ1v) is 8.97. The van der Waals surface area contributed by atoms with Crippen LogP contribution in [0.4, 0.5) is 0 Å². The van der Waals surface area contributed by atoms with Crippen molar-refractivity contribution in [3.63, 3.8) is 0 Å². The second-order valence-corrected chi connectivity index (χ2v) is 6.34. The molecular formula is C21H20O4S. The van der Waals surface area contributed by atoms with Crippen molar-refractivity contribution in [2.75, 3.05) is 14.2 Å². The summed E-state index contributed by atoms with van der Waals surface area (Å²) in [6.07, 6.45) is 4.61. The van der Waals surface area contributed by atoms with E-state index in [1.165, 1.54) is 14.2 Å².